The van der Waals surface area contributed by atoms with Crippen molar-refractivity contribution in [3.05, 3.63) is 58.0 Å². The lowest BCUT2D eigenvalue weighted by Crippen LogP contribution is -2.07. The van der Waals surface area contributed by atoms with E-state index in [4.69, 9.17) is 27.6 Å². The zero-order valence-corrected chi connectivity index (χ0v) is 15.9. The van der Waals surface area contributed by atoms with Crippen LogP contribution in [0.1, 0.15) is 11.5 Å². The fourth-order valence-corrected chi connectivity index (χ4v) is 3.45. The Morgan fingerprint density at radius 1 is 1.04 bits per heavy atom. The van der Waals surface area contributed by atoms with Gasteiger partial charge in [0.2, 0.25) is 11.8 Å². The first-order valence-corrected chi connectivity index (χ1v) is 9.38. The summed E-state index contributed by atoms with van der Waals surface area (Å²) in [6.45, 7) is 0. The highest BCUT2D eigenvalue weighted by Gasteiger charge is 2.32. The molecule has 0 amide bonds. The summed E-state index contributed by atoms with van der Waals surface area (Å²) in [5.41, 5.74) is -0.0679. The molecule has 0 fully saturated rings. The van der Waals surface area contributed by atoms with E-state index in [1.807, 2.05) is 0 Å². The van der Waals surface area contributed by atoms with Gasteiger partial charge in [-0.2, -0.15) is 13.2 Å². The number of hydrogen-bond acceptors (Lipinski definition) is 6. The summed E-state index contributed by atoms with van der Waals surface area (Å²) >= 11 is 12.8. The second-order valence-corrected chi connectivity index (χ2v) is 7.33. The van der Waals surface area contributed by atoms with Crippen LogP contribution in [0.15, 0.2) is 46.1 Å². The van der Waals surface area contributed by atoms with Crippen LogP contribution in [0.4, 0.5) is 13.2 Å². The number of pyridine rings is 1. The monoisotopic (exact) mass is 445 g/mol. The van der Waals surface area contributed by atoms with Crippen LogP contribution in [-0.2, 0) is 11.9 Å². The van der Waals surface area contributed by atoms with Crippen LogP contribution in [0.5, 0.6) is 0 Å². The molecule has 1 aromatic carbocycles. The number of hydrogen-bond donors (Lipinski definition) is 0. The molecule has 4 aromatic rings. The number of aromatic nitrogens is 5. The SMILES string of the molecule is FC(F)(F)c1cc(Cl)c2nnc(SCc3nnc(-c4ccc(Cl)cc4)o3)n2c1. The van der Waals surface area contributed by atoms with Crippen molar-refractivity contribution in [3.63, 3.8) is 0 Å². The molecule has 0 saturated heterocycles. The van der Waals surface area contributed by atoms with Crippen LogP contribution in [0.25, 0.3) is 17.1 Å². The highest BCUT2D eigenvalue weighted by atomic mass is 35.5. The fourth-order valence-electron chi connectivity index (χ4n) is 2.33. The van der Waals surface area contributed by atoms with Crippen molar-refractivity contribution in [1.29, 1.82) is 0 Å². The molecule has 0 bridgehead atoms. The maximum absolute atomic E-state index is 13.0. The van der Waals surface area contributed by atoms with E-state index in [0.29, 0.717) is 16.5 Å². The Hall–Kier alpha value is -2.30. The van der Waals surface area contributed by atoms with Gasteiger partial charge in [0.05, 0.1) is 16.3 Å². The van der Waals surface area contributed by atoms with Crippen LogP contribution in [0.3, 0.4) is 0 Å². The fraction of sp³-hybridized carbons (Fsp3) is 0.125. The van der Waals surface area contributed by atoms with Crippen LogP contribution in [0.2, 0.25) is 10.0 Å². The summed E-state index contributed by atoms with van der Waals surface area (Å²) in [4.78, 5) is 0. The van der Waals surface area contributed by atoms with E-state index < -0.39 is 11.7 Å². The average Bonchev–Trinajstić information content (AvgIpc) is 3.27. The predicted octanol–water partition coefficient (Wildman–Crippen LogP) is 5.40. The second kappa shape index (κ2) is 7.26. The first-order chi connectivity index (χ1) is 13.3. The molecule has 0 aliphatic rings. The van der Waals surface area contributed by atoms with E-state index in [1.165, 1.54) is 4.40 Å². The van der Waals surface area contributed by atoms with E-state index in [1.54, 1.807) is 24.3 Å². The standard InChI is InChI=1S/C16H8Cl2F3N5OS/c17-10-3-1-8(2-4-10)14-24-22-12(27-14)7-28-15-25-23-13-11(18)5-9(6-26(13)15)16(19,20)21/h1-6H,7H2. The third kappa shape index (κ3) is 3.80. The van der Waals surface area contributed by atoms with Crippen LogP contribution in [-0.4, -0.2) is 24.8 Å². The third-order valence-corrected chi connectivity index (χ3v) is 5.10. The Bertz CT molecular complexity index is 1140. The van der Waals surface area contributed by atoms with Crippen molar-refractivity contribution < 1.29 is 17.6 Å². The summed E-state index contributed by atoms with van der Waals surface area (Å²) in [6, 6.07) is 7.68. The van der Waals surface area contributed by atoms with Crippen molar-refractivity contribution in [1.82, 2.24) is 24.8 Å². The number of halogens is 5. The summed E-state index contributed by atoms with van der Waals surface area (Å²) in [5, 5.41) is 16.3. The second-order valence-electron chi connectivity index (χ2n) is 5.55. The molecule has 28 heavy (non-hydrogen) atoms. The molecule has 144 valence electrons. The number of thioether (sulfide) groups is 1. The number of nitrogens with zero attached hydrogens (tertiary/aromatic N) is 5. The van der Waals surface area contributed by atoms with Gasteiger partial charge in [0.15, 0.2) is 10.8 Å². The normalized spacial score (nSPS) is 12.0. The predicted molar refractivity (Wildman–Crippen MR) is 97.3 cm³/mol. The molecule has 12 heteroatoms. The minimum atomic E-state index is -4.54. The maximum atomic E-state index is 13.0. The highest BCUT2D eigenvalue weighted by Crippen LogP contribution is 2.33. The van der Waals surface area contributed by atoms with Gasteiger partial charge in [-0.3, -0.25) is 4.40 Å². The molecule has 0 radical (unpaired) electrons. The average molecular weight is 446 g/mol. The van der Waals surface area contributed by atoms with Gasteiger partial charge in [-0.05, 0) is 30.3 Å². The summed E-state index contributed by atoms with van der Waals surface area (Å²) in [5.74, 6) is 0.778. The molecular formula is C16H8Cl2F3N5OS. The molecule has 0 saturated carbocycles. The van der Waals surface area contributed by atoms with Crippen LogP contribution < -0.4 is 0 Å². The molecule has 3 aromatic heterocycles. The Labute approximate surface area is 169 Å². The van der Waals surface area contributed by atoms with E-state index in [9.17, 15) is 13.2 Å². The van der Waals surface area contributed by atoms with Crippen LogP contribution in [0, 0.1) is 0 Å². The van der Waals surface area contributed by atoms with Crippen molar-refractivity contribution in [2.24, 2.45) is 0 Å². The van der Waals surface area contributed by atoms with Gasteiger partial charge in [0.1, 0.15) is 0 Å². The van der Waals surface area contributed by atoms with Gasteiger partial charge in [-0.25, -0.2) is 0 Å². The Kier molecular flexibility index (Phi) is 4.94. The zero-order valence-electron chi connectivity index (χ0n) is 13.6. The van der Waals surface area contributed by atoms with Gasteiger partial charge in [0.25, 0.3) is 0 Å². The maximum Gasteiger partial charge on any atom is 0.417 e. The molecule has 3 heterocycles. The zero-order chi connectivity index (χ0) is 19.9. The minimum Gasteiger partial charge on any atom is -0.420 e. The van der Waals surface area contributed by atoms with E-state index in [0.717, 1.165) is 24.0 Å². The van der Waals surface area contributed by atoms with Crippen molar-refractivity contribution in [2.45, 2.75) is 17.1 Å². The first kappa shape index (κ1) is 19.0. The van der Waals surface area contributed by atoms with E-state index in [2.05, 4.69) is 20.4 Å². The van der Waals surface area contributed by atoms with E-state index in [-0.39, 0.29) is 27.5 Å². The molecule has 6 nitrogen and oxygen atoms in total. The summed E-state index contributed by atoms with van der Waals surface area (Å²) < 4.78 is 45.8. The Morgan fingerprint density at radius 3 is 2.50 bits per heavy atom. The first-order valence-electron chi connectivity index (χ1n) is 7.64. The molecule has 0 aliphatic carbocycles. The van der Waals surface area contributed by atoms with Crippen molar-refractivity contribution >= 4 is 40.6 Å². The summed E-state index contributed by atoms with van der Waals surface area (Å²) in [6.07, 6.45) is -3.64. The van der Waals surface area contributed by atoms with Crippen LogP contribution >= 0.6 is 35.0 Å². The van der Waals surface area contributed by atoms with Gasteiger partial charge in [-0.15, -0.1) is 20.4 Å². The smallest absolute Gasteiger partial charge is 0.417 e. The molecule has 0 N–H and O–H groups in total. The third-order valence-electron chi connectivity index (χ3n) is 3.64. The van der Waals surface area contributed by atoms with E-state index >= 15 is 0 Å². The highest BCUT2D eigenvalue weighted by molar-refractivity contribution is 7.98. The lowest BCUT2D eigenvalue weighted by Gasteiger charge is -2.08. The Morgan fingerprint density at radius 2 is 1.79 bits per heavy atom. The number of rotatable bonds is 4. The lowest BCUT2D eigenvalue weighted by atomic mass is 10.2. The lowest BCUT2D eigenvalue weighted by molar-refractivity contribution is -0.137. The summed E-state index contributed by atoms with van der Waals surface area (Å²) in [7, 11) is 0. The topological polar surface area (TPSA) is 69.1 Å². The number of benzene rings is 1. The van der Waals surface area contributed by atoms with Gasteiger partial charge in [0, 0.05) is 16.8 Å². The molecule has 0 atom stereocenters. The molecule has 0 spiro atoms. The minimum absolute atomic E-state index is 0.129. The quantitative estimate of drug-likeness (QED) is 0.391. The Balaban J connectivity index is 1.56. The largest absolute Gasteiger partial charge is 0.420 e. The molecular weight excluding hydrogens is 438 g/mol. The molecule has 4 rings (SSSR count). The van der Waals surface area contributed by atoms with Crippen molar-refractivity contribution in [2.75, 3.05) is 0 Å². The van der Waals surface area contributed by atoms with Crippen molar-refractivity contribution in [3.8, 4) is 11.5 Å². The van der Waals surface area contributed by atoms with Gasteiger partial charge in [-0.1, -0.05) is 35.0 Å². The molecule has 0 unspecified atom stereocenters. The van der Waals surface area contributed by atoms with Gasteiger partial charge < -0.3 is 4.42 Å². The van der Waals surface area contributed by atoms with Gasteiger partial charge >= 0.3 is 6.18 Å². The molecule has 0 aliphatic heterocycles. The number of alkyl halides is 3. The number of fused-ring (bicyclic) bond motifs is 1.